The molecule has 2 heteroatoms. The number of aryl methyl sites for hydroxylation is 2. The lowest BCUT2D eigenvalue weighted by atomic mass is 10.1. The fourth-order valence-corrected chi connectivity index (χ4v) is 13.0. The van der Waals surface area contributed by atoms with E-state index in [2.05, 4.69) is 122 Å². The van der Waals surface area contributed by atoms with Gasteiger partial charge in [-0.1, -0.05) is 143 Å². The molecule has 31 heavy (non-hydrogen) atoms. The van der Waals surface area contributed by atoms with Gasteiger partial charge in [-0.05, 0) is 30.5 Å². The fraction of sp³-hybridized carbons (Fsp3) is 0.172. The third-order valence-corrected chi connectivity index (χ3v) is 13.8. The van der Waals surface area contributed by atoms with Crippen LogP contribution in [0.1, 0.15) is 24.0 Å². The Morgan fingerprint density at radius 1 is 0.645 bits per heavy atom. The van der Waals surface area contributed by atoms with E-state index in [9.17, 15) is 0 Å². The number of hydrogen-bond acceptors (Lipinski definition) is 0. The highest BCUT2D eigenvalue weighted by atomic mass is 28.3. The maximum absolute atomic E-state index is 2.39. The number of rotatable bonds is 9. The van der Waals surface area contributed by atoms with Crippen LogP contribution in [0, 0.1) is 6.92 Å². The zero-order valence-corrected chi connectivity index (χ0v) is 21.0. The van der Waals surface area contributed by atoms with Crippen LogP contribution in [0.3, 0.4) is 0 Å². The standard InChI is InChI=1S/C29H32Si2/c1-24-20-22-25(23-21-24)12-11-19-29(30-26-13-5-2-6-14-26)31(27-15-7-3-8-16-27)28-17-9-4-10-18-28/h2-10,13-18,20-23,29,31H,11-12,19,30H2,1H3. The lowest BCUT2D eigenvalue weighted by molar-refractivity contribution is 0.766. The summed E-state index contributed by atoms with van der Waals surface area (Å²) in [5.41, 5.74) is 2.82. The van der Waals surface area contributed by atoms with E-state index < -0.39 is 8.80 Å². The predicted octanol–water partition coefficient (Wildman–Crippen LogP) is 4.18. The quantitative estimate of drug-likeness (QED) is 0.345. The third kappa shape index (κ3) is 6.16. The second kappa shape index (κ2) is 11.1. The molecular formula is C29H32Si2. The van der Waals surface area contributed by atoms with Crippen molar-refractivity contribution in [2.75, 3.05) is 0 Å². The molecule has 0 nitrogen and oxygen atoms in total. The summed E-state index contributed by atoms with van der Waals surface area (Å²) < 4.78 is 0. The van der Waals surface area contributed by atoms with E-state index in [1.165, 1.54) is 30.4 Å². The van der Waals surface area contributed by atoms with Gasteiger partial charge in [0, 0.05) is 0 Å². The van der Waals surface area contributed by atoms with Crippen molar-refractivity contribution in [1.29, 1.82) is 0 Å². The summed E-state index contributed by atoms with van der Waals surface area (Å²) >= 11 is 0. The summed E-state index contributed by atoms with van der Waals surface area (Å²) in [5.74, 6) is 0. The first-order valence-corrected chi connectivity index (χ1v) is 14.8. The Morgan fingerprint density at radius 3 is 1.71 bits per heavy atom. The third-order valence-electron chi connectivity index (χ3n) is 6.29. The minimum atomic E-state index is -1.31. The molecule has 0 aliphatic carbocycles. The van der Waals surface area contributed by atoms with Crippen LogP contribution in [0.2, 0.25) is 5.16 Å². The Labute approximate surface area is 191 Å². The van der Waals surface area contributed by atoms with Gasteiger partial charge in [0.2, 0.25) is 0 Å². The monoisotopic (exact) mass is 436 g/mol. The normalized spacial score (nSPS) is 12.5. The van der Waals surface area contributed by atoms with Crippen LogP contribution in [0.25, 0.3) is 0 Å². The van der Waals surface area contributed by atoms with Gasteiger partial charge in [0.15, 0.2) is 0 Å². The minimum Gasteiger partial charge on any atom is -0.0669 e. The molecule has 0 aliphatic heterocycles. The van der Waals surface area contributed by atoms with Gasteiger partial charge in [-0.25, -0.2) is 0 Å². The lowest BCUT2D eigenvalue weighted by Crippen LogP contribution is -2.49. The molecule has 4 rings (SSSR count). The summed E-state index contributed by atoms with van der Waals surface area (Å²) in [6, 6.07) is 43.2. The second-order valence-electron chi connectivity index (χ2n) is 8.63. The van der Waals surface area contributed by atoms with E-state index in [-0.39, 0.29) is 9.52 Å². The van der Waals surface area contributed by atoms with Crippen LogP contribution in [0.15, 0.2) is 115 Å². The molecule has 1 atom stereocenters. The molecule has 0 heterocycles. The van der Waals surface area contributed by atoms with Gasteiger partial charge in [0.25, 0.3) is 0 Å². The summed E-state index contributed by atoms with van der Waals surface area (Å²) in [4.78, 5) is 0. The largest absolute Gasteiger partial charge is 0.103 e. The molecule has 156 valence electrons. The van der Waals surface area contributed by atoms with Crippen molar-refractivity contribution in [1.82, 2.24) is 0 Å². The summed E-state index contributed by atoms with van der Waals surface area (Å²) in [6.45, 7) is 2.17. The number of benzene rings is 4. The molecule has 4 aromatic carbocycles. The molecule has 0 fully saturated rings. The molecule has 0 N–H and O–H groups in total. The van der Waals surface area contributed by atoms with Crippen molar-refractivity contribution in [3.8, 4) is 0 Å². The molecule has 0 radical (unpaired) electrons. The van der Waals surface area contributed by atoms with E-state index in [1.807, 2.05) is 0 Å². The van der Waals surface area contributed by atoms with Crippen LogP contribution in [-0.4, -0.2) is 18.3 Å². The van der Waals surface area contributed by atoms with E-state index in [4.69, 9.17) is 0 Å². The number of hydrogen-bond donors (Lipinski definition) is 0. The van der Waals surface area contributed by atoms with Crippen LogP contribution >= 0.6 is 0 Å². The fourth-order valence-electron chi connectivity index (χ4n) is 4.68. The molecule has 0 saturated carbocycles. The second-order valence-corrected chi connectivity index (χ2v) is 15.1. The highest BCUT2D eigenvalue weighted by Gasteiger charge is 2.27. The van der Waals surface area contributed by atoms with Gasteiger partial charge in [-0.3, -0.25) is 0 Å². The average molecular weight is 437 g/mol. The van der Waals surface area contributed by atoms with Gasteiger partial charge in [-0.15, -0.1) is 0 Å². The molecule has 0 bridgehead atoms. The first kappa shape index (κ1) is 21.5. The van der Waals surface area contributed by atoms with Gasteiger partial charge < -0.3 is 0 Å². The molecule has 0 aromatic heterocycles. The molecule has 0 saturated heterocycles. The highest BCUT2D eigenvalue weighted by Crippen LogP contribution is 2.19. The Kier molecular flexibility index (Phi) is 7.70. The van der Waals surface area contributed by atoms with Gasteiger partial charge in [-0.2, -0.15) is 0 Å². The van der Waals surface area contributed by atoms with E-state index >= 15 is 0 Å². The Morgan fingerprint density at radius 2 is 1.16 bits per heavy atom. The van der Waals surface area contributed by atoms with Crippen molar-refractivity contribution in [3.63, 3.8) is 0 Å². The van der Waals surface area contributed by atoms with E-state index in [1.54, 1.807) is 15.6 Å². The van der Waals surface area contributed by atoms with Crippen LogP contribution in [0.5, 0.6) is 0 Å². The molecule has 0 amide bonds. The lowest BCUT2D eigenvalue weighted by Gasteiger charge is -2.27. The zero-order chi connectivity index (χ0) is 21.3. The topological polar surface area (TPSA) is 0 Å². The molecule has 0 aliphatic rings. The smallest absolute Gasteiger partial charge is 0.0669 e. The molecular weight excluding hydrogens is 404 g/mol. The first-order valence-electron chi connectivity index (χ1n) is 11.5. The highest BCUT2D eigenvalue weighted by molar-refractivity contribution is 6.93. The van der Waals surface area contributed by atoms with Crippen LogP contribution in [0.4, 0.5) is 0 Å². The summed E-state index contributed by atoms with van der Waals surface area (Å²) in [6.07, 6.45) is 3.79. The van der Waals surface area contributed by atoms with Crippen molar-refractivity contribution in [2.24, 2.45) is 0 Å². The summed E-state index contributed by atoms with van der Waals surface area (Å²) in [7, 11) is -1.68. The predicted molar refractivity (Wildman–Crippen MR) is 142 cm³/mol. The van der Waals surface area contributed by atoms with Gasteiger partial charge in [0.1, 0.15) is 8.80 Å². The average Bonchev–Trinajstić information content (AvgIpc) is 2.82. The maximum Gasteiger partial charge on any atom is 0.103 e. The molecule has 4 aromatic rings. The molecule has 1 unspecified atom stereocenters. The SMILES string of the molecule is Cc1ccc(CCCC([SiH2]c2ccccc2)[SiH](c2ccccc2)c2ccccc2)cc1. The van der Waals surface area contributed by atoms with Gasteiger partial charge in [0.05, 0.1) is 9.52 Å². The van der Waals surface area contributed by atoms with Crippen molar-refractivity contribution >= 4 is 33.9 Å². The summed E-state index contributed by atoms with van der Waals surface area (Å²) in [5, 5.41) is 5.62. The molecule has 0 spiro atoms. The van der Waals surface area contributed by atoms with E-state index in [0.717, 1.165) is 5.16 Å². The zero-order valence-electron chi connectivity index (χ0n) is 18.5. The van der Waals surface area contributed by atoms with E-state index in [0.29, 0.717) is 0 Å². The van der Waals surface area contributed by atoms with Gasteiger partial charge >= 0.3 is 0 Å². The van der Waals surface area contributed by atoms with Crippen molar-refractivity contribution in [3.05, 3.63) is 126 Å². The Hall–Kier alpha value is -2.69. The first-order chi connectivity index (χ1) is 15.3. The van der Waals surface area contributed by atoms with Crippen LogP contribution in [-0.2, 0) is 6.42 Å². The maximum atomic E-state index is 2.39. The Bertz CT molecular complexity index is 989. The Balaban J connectivity index is 1.60. The minimum absolute atomic E-state index is 0.377. The van der Waals surface area contributed by atoms with Crippen molar-refractivity contribution < 1.29 is 0 Å². The van der Waals surface area contributed by atoms with Crippen molar-refractivity contribution in [2.45, 2.75) is 31.4 Å². The van der Waals surface area contributed by atoms with Crippen LogP contribution < -0.4 is 15.6 Å².